The molecule has 0 bridgehead atoms. The molecule has 94 valence electrons. The summed E-state index contributed by atoms with van der Waals surface area (Å²) in [6.45, 7) is 0.889. The second-order valence-electron chi connectivity index (χ2n) is 4.18. The van der Waals surface area contributed by atoms with E-state index in [1.165, 1.54) is 11.3 Å². The lowest BCUT2D eigenvalue weighted by Crippen LogP contribution is -2.16. The van der Waals surface area contributed by atoms with Crippen LogP contribution in [0.3, 0.4) is 0 Å². The van der Waals surface area contributed by atoms with E-state index in [9.17, 15) is 0 Å². The van der Waals surface area contributed by atoms with E-state index in [2.05, 4.69) is 64.3 Å². The summed E-state index contributed by atoms with van der Waals surface area (Å²) in [5, 5.41) is 0. The Morgan fingerprint density at radius 3 is 2.17 bits per heavy atom. The third-order valence-corrected chi connectivity index (χ3v) is 3.37. The number of hydrogen-bond donors (Lipinski definition) is 0. The van der Waals surface area contributed by atoms with Crippen LogP contribution in [0.1, 0.15) is 5.56 Å². The first-order valence-corrected chi connectivity index (χ1v) is 6.58. The molecule has 0 aliphatic rings. The topological polar surface area (TPSA) is 12.5 Å². The van der Waals surface area contributed by atoms with Crippen LogP contribution < -0.4 is 9.64 Å². The maximum atomic E-state index is 5.16. The van der Waals surface area contributed by atoms with Gasteiger partial charge in [-0.05, 0) is 42.0 Å². The standard InChI is InChI=1S/C15H16BrNO/c1-17(11-12-3-5-13(16)6-4-12)14-7-9-15(18-2)10-8-14/h3-10H,11H2,1-2H3. The largest absolute Gasteiger partial charge is 0.497 e. The molecule has 0 atom stereocenters. The maximum Gasteiger partial charge on any atom is 0.119 e. The molecule has 2 aromatic rings. The van der Waals surface area contributed by atoms with E-state index in [1.807, 2.05) is 12.1 Å². The van der Waals surface area contributed by atoms with Gasteiger partial charge in [0, 0.05) is 23.8 Å². The van der Waals surface area contributed by atoms with Gasteiger partial charge < -0.3 is 9.64 Å². The molecule has 0 unspecified atom stereocenters. The van der Waals surface area contributed by atoms with Crippen LogP contribution in [0, 0.1) is 0 Å². The second-order valence-corrected chi connectivity index (χ2v) is 5.10. The van der Waals surface area contributed by atoms with Gasteiger partial charge in [-0.3, -0.25) is 0 Å². The Balaban J connectivity index is 2.06. The highest BCUT2D eigenvalue weighted by atomic mass is 79.9. The van der Waals surface area contributed by atoms with Crippen LogP contribution in [0.4, 0.5) is 5.69 Å². The molecule has 2 rings (SSSR count). The van der Waals surface area contributed by atoms with E-state index in [0.29, 0.717) is 0 Å². The zero-order valence-electron chi connectivity index (χ0n) is 10.6. The van der Waals surface area contributed by atoms with Crippen molar-refractivity contribution in [1.82, 2.24) is 0 Å². The van der Waals surface area contributed by atoms with Crippen molar-refractivity contribution in [2.24, 2.45) is 0 Å². The third kappa shape index (κ3) is 3.26. The quantitative estimate of drug-likeness (QED) is 0.843. The van der Waals surface area contributed by atoms with E-state index in [0.717, 1.165) is 16.8 Å². The molecule has 0 heterocycles. The van der Waals surface area contributed by atoms with Crippen LogP contribution in [-0.4, -0.2) is 14.2 Å². The third-order valence-electron chi connectivity index (χ3n) is 2.85. The van der Waals surface area contributed by atoms with Crippen molar-refractivity contribution < 1.29 is 4.74 Å². The summed E-state index contributed by atoms with van der Waals surface area (Å²) in [6, 6.07) is 16.5. The number of halogens is 1. The van der Waals surface area contributed by atoms with Crippen molar-refractivity contribution in [1.29, 1.82) is 0 Å². The molecule has 0 aromatic heterocycles. The summed E-state index contributed by atoms with van der Waals surface area (Å²) in [5.41, 5.74) is 2.47. The first-order chi connectivity index (χ1) is 8.69. The lowest BCUT2D eigenvalue weighted by atomic mass is 10.2. The molecule has 3 heteroatoms. The Hall–Kier alpha value is -1.48. The van der Waals surface area contributed by atoms with Gasteiger partial charge in [-0.25, -0.2) is 0 Å². The molecule has 2 nitrogen and oxygen atoms in total. The number of hydrogen-bond acceptors (Lipinski definition) is 2. The zero-order valence-corrected chi connectivity index (χ0v) is 12.1. The number of anilines is 1. The normalized spacial score (nSPS) is 10.2. The van der Waals surface area contributed by atoms with Crippen molar-refractivity contribution in [3.05, 3.63) is 58.6 Å². The molecule has 0 spiro atoms. The molecule has 0 radical (unpaired) electrons. The highest BCUT2D eigenvalue weighted by molar-refractivity contribution is 9.10. The van der Waals surface area contributed by atoms with Crippen LogP contribution in [0.25, 0.3) is 0 Å². The average molecular weight is 306 g/mol. The number of ether oxygens (including phenoxy) is 1. The second kappa shape index (κ2) is 5.91. The average Bonchev–Trinajstić information content (AvgIpc) is 2.41. The minimum Gasteiger partial charge on any atom is -0.497 e. The van der Waals surface area contributed by atoms with Gasteiger partial charge in [-0.1, -0.05) is 28.1 Å². The molecule has 0 aliphatic carbocycles. The van der Waals surface area contributed by atoms with E-state index in [-0.39, 0.29) is 0 Å². The fraction of sp³-hybridized carbons (Fsp3) is 0.200. The van der Waals surface area contributed by atoms with E-state index < -0.39 is 0 Å². The minimum absolute atomic E-state index is 0.885. The van der Waals surface area contributed by atoms with Crippen LogP contribution in [0.2, 0.25) is 0 Å². The monoisotopic (exact) mass is 305 g/mol. The van der Waals surface area contributed by atoms with E-state index in [1.54, 1.807) is 7.11 Å². The summed E-state index contributed by atoms with van der Waals surface area (Å²) in [5.74, 6) is 0.885. The predicted octanol–water partition coefficient (Wildman–Crippen LogP) is 4.09. The van der Waals surface area contributed by atoms with Crippen molar-refractivity contribution in [2.45, 2.75) is 6.54 Å². The Bertz CT molecular complexity index is 493. The Labute approximate surface area is 116 Å². The van der Waals surface area contributed by atoms with Crippen molar-refractivity contribution in [3.63, 3.8) is 0 Å². The Morgan fingerprint density at radius 2 is 1.61 bits per heavy atom. The summed E-state index contributed by atoms with van der Waals surface area (Å²) in [7, 11) is 3.77. The number of rotatable bonds is 4. The fourth-order valence-corrected chi connectivity index (χ4v) is 2.06. The number of methoxy groups -OCH3 is 1. The molecule has 2 aromatic carbocycles. The highest BCUT2D eigenvalue weighted by Gasteiger charge is 2.02. The molecule has 18 heavy (non-hydrogen) atoms. The molecule has 0 N–H and O–H groups in total. The summed E-state index contributed by atoms with van der Waals surface area (Å²) < 4.78 is 6.27. The van der Waals surface area contributed by atoms with E-state index >= 15 is 0 Å². The fourth-order valence-electron chi connectivity index (χ4n) is 1.79. The predicted molar refractivity (Wildman–Crippen MR) is 79.2 cm³/mol. The van der Waals surface area contributed by atoms with Gasteiger partial charge in [0.05, 0.1) is 7.11 Å². The van der Waals surface area contributed by atoms with Crippen molar-refractivity contribution in [2.75, 3.05) is 19.1 Å². The molecule has 0 aliphatic heterocycles. The van der Waals surface area contributed by atoms with Crippen LogP contribution in [0.5, 0.6) is 5.75 Å². The molecular formula is C15H16BrNO. The summed E-state index contributed by atoms with van der Waals surface area (Å²) >= 11 is 3.44. The molecule has 0 amide bonds. The number of benzene rings is 2. The summed E-state index contributed by atoms with van der Waals surface area (Å²) in [4.78, 5) is 2.21. The SMILES string of the molecule is COc1ccc(N(C)Cc2ccc(Br)cc2)cc1. The molecule has 0 saturated heterocycles. The van der Waals surface area contributed by atoms with Gasteiger partial charge in [0.2, 0.25) is 0 Å². The van der Waals surface area contributed by atoms with Gasteiger partial charge in [-0.15, -0.1) is 0 Å². The van der Waals surface area contributed by atoms with Crippen LogP contribution >= 0.6 is 15.9 Å². The first kappa shape index (κ1) is 13.0. The first-order valence-electron chi connectivity index (χ1n) is 5.78. The maximum absolute atomic E-state index is 5.16. The smallest absolute Gasteiger partial charge is 0.119 e. The van der Waals surface area contributed by atoms with Crippen LogP contribution in [0.15, 0.2) is 53.0 Å². The summed E-state index contributed by atoms with van der Waals surface area (Å²) in [6.07, 6.45) is 0. The van der Waals surface area contributed by atoms with Crippen molar-refractivity contribution >= 4 is 21.6 Å². The number of nitrogens with zero attached hydrogens (tertiary/aromatic N) is 1. The van der Waals surface area contributed by atoms with Crippen LogP contribution in [-0.2, 0) is 6.54 Å². The lowest BCUT2D eigenvalue weighted by molar-refractivity contribution is 0.415. The van der Waals surface area contributed by atoms with Gasteiger partial charge in [0.25, 0.3) is 0 Å². The zero-order chi connectivity index (χ0) is 13.0. The lowest BCUT2D eigenvalue weighted by Gasteiger charge is -2.19. The Kier molecular flexibility index (Phi) is 4.26. The van der Waals surface area contributed by atoms with Gasteiger partial charge in [-0.2, -0.15) is 0 Å². The molecular weight excluding hydrogens is 290 g/mol. The minimum atomic E-state index is 0.885. The molecule has 0 fully saturated rings. The Morgan fingerprint density at radius 1 is 1.00 bits per heavy atom. The van der Waals surface area contributed by atoms with Gasteiger partial charge in [0.15, 0.2) is 0 Å². The molecule has 0 saturated carbocycles. The van der Waals surface area contributed by atoms with E-state index in [4.69, 9.17) is 4.74 Å². The van der Waals surface area contributed by atoms with Gasteiger partial charge in [0.1, 0.15) is 5.75 Å². The highest BCUT2D eigenvalue weighted by Crippen LogP contribution is 2.20. The van der Waals surface area contributed by atoms with Gasteiger partial charge >= 0.3 is 0 Å². The van der Waals surface area contributed by atoms with Crippen molar-refractivity contribution in [3.8, 4) is 5.75 Å².